The molecule has 2 aromatic rings. The fourth-order valence-corrected chi connectivity index (χ4v) is 6.56. The maximum Gasteiger partial charge on any atom is 0.259 e. The van der Waals surface area contributed by atoms with E-state index in [0.717, 1.165) is 23.6 Å². The van der Waals surface area contributed by atoms with Gasteiger partial charge < -0.3 is 15.7 Å². The molecule has 2 heterocycles. The number of rotatable bonds is 16. The van der Waals surface area contributed by atoms with Gasteiger partial charge in [-0.2, -0.15) is 0 Å². The Kier molecular flexibility index (Phi) is 14.8. The molecular formula is C30H43N7O5S2. The van der Waals surface area contributed by atoms with Crippen LogP contribution in [-0.2, 0) is 25.6 Å². The van der Waals surface area contributed by atoms with Crippen LogP contribution < -0.4 is 26.9 Å². The maximum atomic E-state index is 13.8. The summed E-state index contributed by atoms with van der Waals surface area (Å²) in [5.74, 6) is -0.602. The average Bonchev–Trinajstić information content (AvgIpc) is 3.00. The topological polar surface area (TPSA) is 165 Å². The van der Waals surface area contributed by atoms with E-state index >= 15 is 0 Å². The highest BCUT2D eigenvalue weighted by atomic mass is 33.1. The molecule has 0 saturated carbocycles. The molecule has 1 saturated heterocycles. The zero-order valence-corrected chi connectivity index (χ0v) is 27.0. The van der Waals surface area contributed by atoms with Gasteiger partial charge in [0.1, 0.15) is 28.9 Å². The number of hydrogen-bond donors (Lipinski definition) is 6. The van der Waals surface area contributed by atoms with Crippen LogP contribution in [-0.4, -0.2) is 75.7 Å². The number of carbonyl (C=O) groups excluding carboxylic acids is 4. The fraction of sp³-hybridized carbons (Fsp3) is 0.500. The largest absolute Gasteiger partial charge is 0.508 e. The molecule has 0 spiro atoms. The van der Waals surface area contributed by atoms with Gasteiger partial charge in [0.05, 0.1) is 0 Å². The molecule has 0 bridgehead atoms. The number of aromatic nitrogens is 1. The Morgan fingerprint density at radius 1 is 1.14 bits per heavy atom. The molecule has 1 aliphatic heterocycles. The van der Waals surface area contributed by atoms with Crippen LogP contribution >= 0.6 is 21.6 Å². The fourth-order valence-electron chi connectivity index (χ4n) is 4.54. The van der Waals surface area contributed by atoms with Crippen molar-refractivity contribution in [1.82, 2.24) is 36.9 Å². The summed E-state index contributed by atoms with van der Waals surface area (Å²) in [5.41, 5.74) is 8.89. The summed E-state index contributed by atoms with van der Waals surface area (Å²) in [6, 6.07) is 9.96. The first-order chi connectivity index (χ1) is 21.1. The van der Waals surface area contributed by atoms with E-state index in [4.69, 9.17) is 0 Å². The van der Waals surface area contributed by atoms with Crippen LogP contribution in [0.1, 0.15) is 52.0 Å². The standard InChI is InChI=1S/C30H43N7O5S2/c1-20(2)27(35-34-21(3)38)29(41)33-25(19-22-10-8-11-23(39)18-22)30(42)37-16-9-12-24(36-37)28(40)32-15-6-7-17-43-44-26-13-4-5-14-31-26/h4-5,8,10-11,13-14,18,20,24-25,27,35-36,39H,6-7,9,12,15-17,19H2,1-3H3,(H,32,40)(H,33,41)(H,34,38)/t24-,25-,27-/m0/s1. The monoisotopic (exact) mass is 645 g/mol. The number of nitrogens with zero attached hydrogens (tertiary/aromatic N) is 2. The lowest BCUT2D eigenvalue weighted by molar-refractivity contribution is -0.143. The zero-order valence-electron chi connectivity index (χ0n) is 25.4. The number of aromatic hydroxyl groups is 1. The van der Waals surface area contributed by atoms with Crippen LogP contribution in [0.4, 0.5) is 0 Å². The minimum atomic E-state index is -0.986. The number of phenols is 1. The van der Waals surface area contributed by atoms with Crippen LogP contribution in [0.25, 0.3) is 0 Å². The second kappa shape index (κ2) is 18.5. The number of carbonyl (C=O) groups is 4. The van der Waals surface area contributed by atoms with Gasteiger partial charge in [-0.3, -0.25) is 29.6 Å². The third kappa shape index (κ3) is 12.0. The number of hydrazine groups is 2. The number of phenolic OH excluding ortho intramolecular Hbond substituents is 1. The van der Waals surface area contributed by atoms with Crippen LogP contribution in [0.15, 0.2) is 53.7 Å². The van der Waals surface area contributed by atoms with Gasteiger partial charge in [-0.1, -0.05) is 42.8 Å². The Bertz CT molecular complexity index is 1240. The van der Waals surface area contributed by atoms with E-state index in [-0.39, 0.29) is 29.9 Å². The van der Waals surface area contributed by atoms with Crippen molar-refractivity contribution in [3.63, 3.8) is 0 Å². The SMILES string of the molecule is CC(=O)NN[C@H](C(=O)N[C@@H](Cc1cccc(O)c1)C(=O)N1CCC[C@@H](C(=O)NCCCCSSc2ccccn2)N1)C(C)C. The van der Waals surface area contributed by atoms with E-state index in [1.807, 2.05) is 32.0 Å². The molecule has 1 aromatic heterocycles. The van der Waals surface area contributed by atoms with Crippen molar-refractivity contribution >= 4 is 45.2 Å². The smallest absolute Gasteiger partial charge is 0.259 e. The van der Waals surface area contributed by atoms with Gasteiger partial charge in [0, 0.05) is 38.4 Å². The van der Waals surface area contributed by atoms with Gasteiger partial charge in [-0.05, 0) is 72.2 Å². The molecule has 0 unspecified atom stereocenters. The van der Waals surface area contributed by atoms with Crippen molar-refractivity contribution in [1.29, 1.82) is 0 Å². The van der Waals surface area contributed by atoms with Crippen molar-refractivity contribution in [2.24, 2.45) is 5.92 Å². The van der Waals surface area contributed by atoms with Crippen LogP contribution in [0.2, 0.25) is 0 Å². The van der Waals surface area contributed by atoms with Gasteiger partial charge >= 0.3 is 0 Å². The number of nitrogens with one attached hydrogen (secondary N) is 5. The highest BCUT2D eigenvalue weighted by Crippen LogP contribution is 2.29. The predicted molar refractivity (Wildman–Crippen MR) is 172 cm³/mol. The molecule has 4 amide bonds. The normalized spacial score (nSPS) is 16.2. The van der Waals surface area contributed by atoms with Crippen molar-refractivity contribution in [2.75, 3.05) is 18.8 Å². The Hall–Kier alpha value is -3.33. The Labute approximate surface area is 266 Å². The first-order valence-corrected chi connectivity index (χ1v) is 17.1. The minimum Gasteiger partial charge on any atom is -0.508 e. The summed E-state index contributed by atoms with van der Waals surface area (Å²) in [6.07, 6.45) is 4.86. The van der Waals surface area contributed by atoms with E-state index < -0.39 is 29.9 Å². The second-order valence-corrected chi connectivity index (χ2v) is 13.3. The van der Waals surface area contributed by atoms with Gasteiger partial charge in [0.15, 0.2) is 0 Å². The summed E-state index contributed by atoms with van der Waals surface area (Å²) >= 11 is 0. The lowest BCUT2D eigenvalue weighted by Crippen LogP contribution is -2.63. The van der Waals surface area contributed by atoms with Gasteiger partial charge in [-0.25, -0.2) is 15.8 Å². The molecule has 1 aliphatic rings. The van der Waals surface area contributed by atoms with E-state index in [9.17, 15) is 24.3 Å². The summed E-state index contributed by atoms with van der Waals surface area (Å²) in [4.78, 5) is 55.7. The quantitative estimate of drug-likeness (QED) is 0.0907. The number of hydrogen-bond acceptors (Lipinski definition) is 10. The molecule has 6 N–H and O–H groups in total. The van der Waals surface area contributed by atoms with Gasteiger partial charge in [0.2, 0.25) is 17.7 Å². The van der Waals surface area contributed by atoms with Crippen LogP contribution in [0.5, 0.6) is 5.75 Å². The third-order valence-corrected chi connectivity index (χ3v) is 9.17. The van der Waals surface area contributed by atoms with Crippen molar-refractivity contribution in [2.45, 2.75) is 76.0 Å². The third-order valence-electron chi connectivity index (χ3n) is 6.82. The lowest BCUT2D eigenvalue weighted by atomic mass is 10.0. The Morgan fingerprint density at radius 3 is 2.66 bits per heavy atom. The molecule has 14 heteroatoms. The van der Waals surface area contributed by atoms with Crippen LogP contribution in [0, 0.1) is 5.92 Å². The molecule has 12 nitrogen and oxygen atoms in total. The van der Waals surface area contributed by atoms with Gasteiger partial charge in [0.25, 0.3) is 5.91 Å². The summed E-state index contributed by atoms with van der Waals surface area (Å²) in [5, 5.41) is 18.1. The van der Waals surface area contributed by atoms with E-state index in [1.165, 1.54) is 24.1 Å². The zero-order chi connectivity index (χ0) is 31.9. The van der Waals surface area contributed by atoms with E-state index in [0.29, 0.717) is 31.5 Å². The number of pyridine rings is 1. The van der Waals surface area contributed by atoms with Crippen LogP contribution in [0.3, 0.4) is 0 Å². The number of benzene rings is 1. The predicted octanol–water partition coefficient (Wildman–Crippen LogP) is 2.31. The molecule has 1 aromatic carbocycles. The lowest BCUT2D eigenvalue weighted by Gasteiger charge is -2.36. The highest BCUT2D eigenvalue weighted by Gasteiger charge is 2.34. The minimum absolute atomic E-state index is 0.0470. The highest BCUT2D eigenvalue weighted by molar-refractivity contribution is 8.76. The number of amides is 4. The van der Waals surface area contributed by atoms with Gasteiger partial charge in [-0.15, -0.1) is 0 Å². The second-order valence-electron chi connectivity index (χ2n) is 10.9. The Morgan fingerprint density at radius 2 is 1.95 bits per heavy atom. The molecule has 240 valence electrons. The van der Waals surface area contributed by atoms with Crippen molar-refractivity contribution < 1.29 is 24.3 Å². The summed E-state index contributed by atoms with van der Waals surface area (Å²) < 4.78 is 0. The average molecular weight is 646 g/mol. The number of unbranched alkanes of at least 4 members (excludes halogenated alkanes) is 1. The Balaban J connectivity index is 1.55. The molecule has 3 rings (SSSR count). The van der Waals surface area contributed by atoms with E-state index in [1.54, 1.807) is 39.9 Å². The van der Waals surface area contributed by atoms with E-state index in [2.05, 4.69) is 31.9 Å². The first-order valence-electron chi connectivity index (χ1n) is 14.8. The summed E-state index contributed by atoms with van der Waals surface area (Å²) in [7, 11) is 3.37. The molecule has 0 aliphatic carbocycles. The van der Waals surface area contributed by atoms with Crippen molar-refractivity contribution in [3.8, 4) is 5.75 Å². The molecule has 3 atom stereocenters. The molecule has 0 radical (unpaired) electrons. The molecule has 1 fully saturated rings. The van der Waals surface area contributed by atoms with Crippen molar-refractivity contribution in [3.05, 3.63) is 54.2 Å². The molecular weight excluding hydrogens is 603 g/mol. The first kappa shape index (κ1) is 35.2. The maximum absolute atomic E-state index is 13.8. The molecule has 44 heavy (non-hydrogen) atoms. The summed E-state index contributed by atoms with van der Waals surface area (Å²) in [6.45, 7) is 5.88.